The molecule has 0 saturated heterocycles. The van der Waals surface area contributed by atoms with Gasteiger partial charge >= 0.3 is 0 Å². The maximum absolute atomic E-state index is 13.3. The number of carbonyl (C=O) groups excluding carboxylic acids is 2. The second-order valence-electron chi connectivity index (χ2n) is 8.66. The summed E-state index contributed by atoms with van der Waals surface area (Å²) in [5, 5.41) is 2.97. The topological polar surface area (TPSA) is 67.2 Å². The van der Waals surface area contributed by atoms with Gasteiger partial charge in [0.1, 0.15) is 5.82 Å². The Labute approximate surface area is 205 Å². The average molecular weight is 465 g/mol. The highest BCUT2D eigenvalue weighted by molar-refractivity contribution is 6.08. The Morgan fingerprint density at radius 1 is 0.914 bits per heavy atom. The van der Waals surface area contributed by atoms with E-state index in [4.69, 9.17) is 0 Å². The lowest BCUT2D eigenvalue weighted by atomic mass is 10.1. The molecule has 0 aliphatic carbocycles. The third-order valence-corrected chi connectivity index (χ3v) is 6.44. The number of nitrogens with one attached hydrogen (secondary N) is 1. The summed E-state index contributed by atoms with van der Waals surface area (Å²) in [6, 6.07) is 22.7. The van der Waals surface area contributed by atoms with Crippen LogP contribution >= 0.6 is 0 Å². The predicted molar refractivity (Wildman–Crippen MR) is 138 cm³/mol. The van der Waals surface area contributed by atoms with Gasteiger partial charge in [0.15, 0.2) is 0 Å². The van der Waals surface area contributed by atoms with Gasteiger partial charge in [0.25, 0.3) is 11.8 Å². The van der Waals surface area contributed by atoms with Gasteiger partial charge in [0, 0.05) is 42.3 Å². The van der Waals surface area contributed by atoms with Crippen molar-refractivity contribution in [1.82, 2.24) is 9.55 Å². The molecular weight excluding hydrogens is 436 g/mol. The van der Waals surface area contributed by atoms with Crippen LogP contribution in [0.1, 0.15) is 51.9 Å². The van der Waals surface area contributed by atoms with Crippen molar-refractivity contribution in [2.24, 2.45) is 0 Å². The van der Waals surface area contributed by atoms with Crippen molar-refractivity contribution in [1.29, 1.82) is 0 Å². The summed E-state index contributed by atoms with van der Waals surface area (Å²) in [6.07, 6.45) is 7.42. The SMILES string of the molecule is CCc1nccn1-c1ccccc1C(=O)Nc1ccc(C(=O)N2CCCCc3ccccc32)cc1. The van der Waals surface area contributed by atoms with E-state index < -0.39 is 0 Å². The van der Waals surface area contributed by atoms with Gasteiger partial charge in [-0.25, -0.2) is 4.98 Å². The number of rotatable bonds is 5. The molecule has 4 aromatic rings. The Morgan fingerprint density at radius 3 is 2.46 bits per heavy atom. The fraction of sp³-hybridized carbons (Fsp3) is 0.207. The van der Waals surface area contributed by atoms with Gasteiger partial charge in [-0.15, -0.1) is 0 Å². The number of imidazole rings is 1. The Hall–Kier alpha value is -4.19. The molecule has 35 heavy (non-hydrogen) atoms. The number of aryl methyl sites for hydroxylation is 2. The van der Waals surface area contributed by atoms with Gasteiger partial charge in [0.05, 0.1) is 11.3 Å². The summed E-state index contributed by atoms with van der Waals surface area (Å²) in [5.74, 6) is 0.662. The van der Waals surface area contributed by atoms with Crippen LogP contribution in [0.3, 0.4) is 0 Å². The minimum absolute atomic E-state index is 0.0187. The van der Waals surface area contributed by atoms with E-state index >= 15 is 0 Å². The van der Waals surface area contributed by atoms with Crippen LogP contribution < -0.4 is 10.2 Å². The van der Waals surface area contributed by atoms with Crippen molar-refractivity contribution in [3.05, 3.63) is 108 Å². The highest BCUT2D eigenvalue weighted by atomic mass is 16.2. The first-order valence-corrected chi connectivity index (χ1v) is 12.1. The number of para-hydroxylation sites is 2. The lowest BCUT2D eigenvalue weighted by Gasteiger charge is -2.23. The first-order chi connectivity index (χ1) is 17.2. The molecule has 1 aliphatic heterocycles. The Morgan fingerprint density at radius 2 is 1.66 bits per heavy atom. The second kappa shape index (κ2) is 9.97. The smallest absolute Gasteiger partial charge is 0.258 e. The number of hydrogen-bond donors (Lipinski definition) is 1. The number of fused-ring (bicyclic) bond motifs is 1. The van der Waals surface area contributed by atoms with E-state index in [1.54, 1.807) is 36.5 Å². The minimum atomic E-state index is -0.211. The molecule has 2 heterocycles. The molecular formula is C29H28N4O2. The number of anilines is 2. The van der Waals surface area contributed by atoms with Crippen LogP contribution in [0.25, 0.3) is 5.69 Å². The van der Waals surface area contributed by atoms with Crippen LogP contribution in [0, 0.1) is 0 Å². The van der Waals surface area contributed by atoms with Gasteiger partial charge in [-0.05, 0) is 67.3 Å². The molecule has 5 rings (SSSR count). The van der Waals surface area contributed by atoms with E-state index in [2.05, 4.69) is 16.4 Å². The number of carbonyl (C=O) groups is 2. The van der Waals surface area contributed by atoms with E-state index in [-0.39, 0.29) is 11.8 Å². The maximum Gasteiger partial charge on any atom is 0.258 e. The van der Waals surface area contributed by atoms with Crippen LogP contribution in [0.5, 0.6) is 0 Å². The number of hydrogen-bond acceptors (Lipinski definition) is 3. The highest BCUT2D eigenvalue weighted by Gasteiger charge is 2.22. The van der Waals surface area contributed by atoms with Gasteiger partial charge in [-0.1, -0.05) is 37.3 Å². The first kappa shape index (κ1) is 22.6. The van der Waals surface area contributed by atoms with E-state index in [0.717, 1.165) is 42.9 Å². The van der Waals surface area contributed by atoms with Crippen molar-refractivity contribution in [2.75, 3.05) is 16.8 Å². The fourth-order valence-electron chi connectivity index (χ4n) is 4.64. The van der Waals surface area contributed by atoms with Crippen LogP contribution in [0.4, 0.5) is 11.4 Å². The van der Waals surface area contributed by atoms with Crippen LogP contribution in [0.15, 0.2) is 85.2 Å². The molecule has 176 valence electrons. The zero-order chi connectivity index (χ0) is 24.2. The highest BCUT2D eigenvalue weighted by Crippen LogP contribution is 2.28. The third-order valence-electron chi connectivity index (χ3n) is 6.44. The average Bonchev–Trinajstić information content (AvgIpc) is 3.28. The van der Waals surface area contributed by atoms with E-state index in [1.807, 2.05) is 59.0 Å². The van der Waals surface area contributed by atoms with E-state index in [1.165, 1.54) is 5.56 Å². The van der Waals surface area contributed by atoms with E-state index in [0.29, 0.717) is 23.4 Å². The van der Waals surface area contributed by atoms with Crippen molar-refractivity contribution in [3.63, 3.8) is 0 Å². The standard InChI is InChI=1S/C29H28N4O2/c1-2-27-30-18-20-32(27)26-13-6-4-11-24(26)28(34)31-23-16-14-22(15-17-23)29(35)33-19-8-7-10-21-9-3-5-12-25(21)33/h3-6,9,11-18,20H,2,7-8,10,19H2,1H3,(H,31,34). The summed E-state index contributed by atoms with van der Waals surface area (Å²) >= 11 is 0. The van der Waals surface area contributed by atoms with E-state index in [9.17, 15) is 9.59 Å². The molecule has 0 saturated carbocycles. The molecule has 1 N–H and O–H groups in total. The molecule has 1 aliphatic rings. The summed E-state index contributed by atoms with van der Waals surface area (Å²) in [4.78, 5) is 32.7. The predicted octanol–water partition coefficient (Wildman–Crippen LogP) is 5.67. The molecule has 3 aromatic carbocycles. The van der Waals surface area contributed by atoms with Gasteiger partial charge in [0.2, 0.25) is 0 Å². The Bertz CT molecular complexity index is 1360. The maximum atomic E-state index is 13.3. The molecule has 1 aromatic heterocycles. The molecule has 0 bridgehead atoms. The fourth-order valence-corrected chi connectivity index (χ4v) is 4.64. The quantitative estimate of drug-likeness (QED) is 0.414. The van der Waals surface area contributed by atoms with Crippen LogP contribution in [-0.2, 0) is 12.8 Å². The summed E-state index contributed by atoms with van der Waals surface area (Å²) in [6.45, 7) is 2.74. The largest absolute Gasteiger partial charge is 0.322 e. The molecule has 0 atom stereocenters. The molecule has 0 spiro atoms. The van der Waals surface area contributed by atoms with Gasteiger partial charge in [-0.2, -0.15) is 0 Å². The van der Waals surface area contributed by atoms with Crippen molar-refractivity contribution < 1.29 is 9.59 Å². The zero-order valence-electron chi connectivity index (χ0n) is 19.8. The number of aromatic nitrogens is 2. The Kier molecular flexibility index (Phi) is 6.44. The van der Waals surface area contributed by atoms with Crippen molar-refractivity contribution >= 4 is 23.2 Å². The number of amides is 2. The molecule has 6 nitrogen and oxygen atoms in total. The second-order valence-corrected chi connectivity index (χ2v) is 8.66. The molecule has 6 heteroatoms. The molecule has 0 fully saturated rings. The number of benzene rings is 3. The normalized spacial score (nSPS) is 13.1. The summed E-state index contributed by atoms with van der Waals surface area (Å²) < 4.78 is 1.94. The minimum Gasteiger partial charge on any atom is -0.322 e. The van der Waals surface area contributed by atoms with Crippen molar-refractivity contribution in [3.8, 4) is 5.69 Å². The van der Waals surface area contributed by atoms with Gasteiger partial charge < -0.3 is 14.8 Å². The summed E-state index contributed by atoms with van der Waals surface area (Å²) in [7, 11) is 0. The van der Waals surface area contributed by atoms with Gasteiger partial charge in [-0.3, -0.25) is 9.59 Å². The monoisotopic (exact) mass is 464 g/mol. The number of nitrogens with zero attached hydrogens (tertiary/aromatic N) is 3. The molecule has 0 unspecified atom stereocenters. The third kappa shape index (κ3) is 4.60. The lowest BCUT2D eigenvalue weighted by molar-refractivity contribution is 0.0985. The molecule has 2 amide bonds. The lowest BCUT2D eigenvalue weighted by Crippen LogP contribution is -2.31. The van der Waals surface area contributed by atoms with Crippen LogP contribution in [-0.4, -0.2) is 27.9 Å². The first-order valence-electron chi connectivity index (χ1n) is 12.1. The molecule has 0 radical (unpaired) electrons. The van der Waals surface area contributed by atoms with Crippen LogP contribution in [0.2, 0.25) is 0 Å². The zero-order valence-corrected chi connectivity index (χ0v) is 19.8. The Balaban J connectivity index is 1.35. The van der Waals surface area contributed by atoms with Crippen molar-refractivity contribution in [2.45, 2.75) is 32.6 Å². The summed E-state index contributed by atoms with van der Waals surface area (Å²) in [5.41, 5.74) is 4.79.